The molecular formula is C13H10F3N3O. The van der Waals surface area contributed by atoms with Gasteiger partial charge >= 0.3 is 12.2 Å². The predicted octanol–water partition coefficient (Wildman–Crippen LogP) is 3.03. The van der Waals surface area contributed by atoms with Crippen molar-refractivity contribution in [2.45, 2.75) is 13.1 Å². The van der Waals surface area contributed by atoms with Gasteiger partial charge in [-0.1, -0.05) is 6.07 Å². The monoisotopic (exact) mass is 281 g/mol. The summed E-state index contributed by atoms with van der Waals surface area (Å²) >= 11 is 0. The zero-order valence-corrected chi connectivity index (χ0v) is 10.5. The molecule has 0 saturated heterocycles. The Morgan fingerprint density at radius 2 is 2.10 bits per heavy atom. The van der Waals surface area contributed by atoms with Gasteiger partial charge in [0.05, 0.1) is 29.4 Å². The zero-order valence-electron chi connectivity index (χ0n) is 10.5. The van der Waals surface area contributed by atoms with Crippen LogP contribution in [-0.2, 0) is 6.18 Å². The van der Waals surface area contributed by atoms with Gasteiger partial charge < -0.3 is 5.32 Å². The minimum Gasteiger partial charge on any atom is -0.333 e. The van der Waals surface area contributed by atoms with Crippen molar-refractivity contribution in [2.24, 2.45) is 0 Å². The average molecular weight is 281 g/mol. The number of carbonyl (C=O) groups is 1. The van der Waals surface area contributed by atoms with Gasteiger partial charge in [0.25, 0.3) is 0 Å². The summed E-state index contributed by atoms with van der Waals surface area (Å²) in [6.07, 6.45) is -4.49. The average Bonchev–Trinajstić information content (AvgIpc) is 2.38. The van der Waals surface area contributed by atoms with Crippen molar-refractivity contribution < 1.29 is 18.0 Å². The standard InChI is InChI=1S/C13H10F3N3O/c1-8-9(6-17)7-18-12(20)19(8)11-4-2-3-10(5-11)13(14,15)16/h2-5H,7H2,1H3,(H,18,20). The lowest BCUT2D eigenvalue weighted by Gasteiger charge is -2.29. The smallest absolute Gasteiger partial charge is 0.333 e. The lowest BCUT2D eigenvalue weighted by atomic mass is 10.1. The van der Waals surface area contributed by atoms with Gasteiger partial charge in [0.2, 0.25) is 0 Å². The van der Waals surface area contributed by atoms with E-state index in [1.807, 2.05) is 6.07 Å². The van der Waals surface area contributed by atoms with Crippen LogP contribution in [0.3, 0.4) is 0 Å². The van der Waals surface area contributed by atoms with Gasteiger partial charge in [0.15, 0.2) is 0 Å². The Morgan fingerprint density at radius 3 is 2.70 bits per heavy atom. The molecule has 1 aromatic carbocycles. The quantitative estimate of drug-likeness (QED) is 0.860. The third-order valence-corrected chi connectivity index (χ3v) is 2.96. The topological polar surface area (TPSA) is 56.1 Å². The van der Waals surface area contributed by atoms with E-state index in [0.717, 1.165) is 17.0 Å². The molecule has 2 amide bonds. The van der Waals surface area contributed by atoms with Gasteiger partial charge in [-0.3, -0.25) is 4.90 Å². The molecule has 0 fully saturated rings. The van der Waals surface area contributed by atoms with Crippen molar-refractivity contribution in [3.8, 4) is 6.07 Å². The van der Waals surface area contributed by atoms with E-state index in [1.54, 1.807) is 0 Å². The maximum Gasteiger partial charge on any atom is 0.416 e. The van der Waals surface area contributed by atoms with Crippen LogP contribution in [0.25, 0.3) is 0 Å². The largest absolute Gasteiger partial charge is 0.416 e. The van der Waals surface area contributed by atoms with Gasteiger partial charge in [-0.05, 0) is 25.1 Å². The molecule has 1 heterocycles. The van der Waals surface area contributed by atoms with Crippen LogP contribution in [-0.4, -0.2) is 12.6 Å². The fourth-order valence-corrected chi connectivity index (χ4v) is 1.91. The number of halogens is 3. The number of amides is 2. The van der Waals surface area contributed by atoms with Gasteiger partial charge in [-0.15, -0.1) is 0 Å². The number of anilines is 1. The molecule has 1 aliphatic rings. The summed E-state index contributed by atoms with van der Waals surface area (Å²) < 4.78 is 38.1. The SMILES string of the molecule is CC1=C(C#N)CNC(=O)N1c1cccc(C(F)(F)F)c1. The molecule has 0 aromatic heterocycles. The van der Waals surface area contributed by atoms with Gasteiger partial charge in [0, 0.05) is 5.70 Å². The molecule has 7 heteroatoms. The second-order valence-electron chi connectivity index (χ2n) is 4.22. The maximum atomic E-state index is 12.7. The van der Waals surface area contributed by atoms with Crippen molar-refractivity contribution in [1.82, 2.24) is 5.32 Å². The molecular weight excluding hydrogens is 271 g/mol. The van der Waals surface area contributed by atoms with E-state index in [0.29, 0.717) is 11.3 Å². The lowest BCUT2D eigenvalue weighted by Crippen LogP contribution is -2.44. The normalized spacial score (nSPS) is 15.9. The Kier molecular flexibility index (Phi) is 3.40. The van der Waals surface area contributed by atoms with Crippen molar-refractivity contribution in [1.29, 1.82) is 5.26 Å². The maximum absolute atomic E-state index is 12.7. The molecule has 4 nitrogen and oxygen atoms in total. The first-order valence-electron chi connectivity index (χ1n) is 5.69. The highest BCUT2D eigenvalue weighted by Crippen LogP contribution is 2.33. The number of nitrogens with zero attached hydrogens (tertiary/aromatic N) is 2. The third-order valence-electron chi connectivity index (χ3n) is 2.96. The molecule has 0 radical (unpaired) electrons. The number of hydrogen-bond donors (Lipinski definition) is 1. The van der Waals surface area contributed by atoms with Crippen LogP contribution in [0.4, 0.5) is 23.7 Å². The first-order valence-corrected chi connectivity index (χ1v) is 5.69. The van der Waals surface area contributed by atoms with Crippen molar-refractivity contribution in [2.75, 3.05) is 11.4 Å². The molecule has 0 aliphatic carbocycles. The van der Waals surface area contributed by atoms with Crippen LogP contribution in [0, 0.1) is 11.3 Å². The number of benzene rings is 1. The summed E-state index contributed by atoms with van der Waals surface area (Å²) in [7, 11) is 0. The predicted molar refractivity (Wildman–Crippen MR) is 65.6 cm³/mol. The number of allylic oxidation sites excluding steroid dienone is 1. The number of rotatable bonds is 1. The Hall–Kier alpha value is -2.49. The fourth-order valence-electron chi connectivity index (χ4n) is 1.91. The molecule has 0 saturated carbocycles. The second-order valence-corrected chi connectivity index (χ2v) is 4.22. The Morgan fingerprint density at radius 1 is 1.40 bits per heavy atom. The summed E-state index contributed by atoms with van der Waals surface area (Å²) in [5.41, 5.74) is -0.139. The van der Waals surface area contributed by atoms with E-state index in [4.69, 9.17) is 5.26 Å². The molecule has 2 rings (SSSR count). The van der Waals surface area contributed by atoms with Gasteiger partial charge in [-0.25, -0.2) is 4.79 Å². The van der Waals surface area contributed by atoms with E-state index in [2.05, 4.69) is 5.32 Å². The second kappa shape index (κ2) is 4.89. The Labute approximate surface area is 113 Å². The lowest BCUT2D eigenvalue weighted by molar-refractivity contribution is -0.137. The van der Waals surface area contributed by atoms with E-state index in [1.165, 1.54) is 19.1 Å². The molecule has 1 N–H and O–H groups in total. The molecule has 1 aliphatic heterocycles. The molecule has 0 bridgehead atoms. The summed E-state index contributed by atoms with van der Waals surface area (Å²) in [5, 5.41) is 11.4. The van der Waals surface area contributed by atoms with Crippen LogP contribution < -0.4 is 10.2 Å². The highest BCUT2D eigenvalue weighted by atomic mass is 19.4. The number of nitriles is 1. The van der Waals surface area contributed by atoms with Crippen LogP contribution in [0.1, 0.15) is 12.5 Å². The summed E-state index contributed by atoms with van der Waals surface area (Å²) in [6, 6.07) is 5.78. The fraction of sp³-hybridized carbons (Fsp3) is 0.231. The van der Waals surface area contributed by atoms with Crippen LogP contribution in [0.5, 0.6) is 0 Å². The molecule has 0 spiro atoms. The third kappa shape index (κ3) is 2.45. The van der Waals surface area contributed by atoms with Crippen molar-refractivity contribution in [3.63, 3.8) is 0 Å². The minimum absolute atomic E-state index is 0.0716. The van der Waals surface area contributed by atoms with Gasteiger partial charge in [0.1, 0.15) is 0 Å². The van der Waals surface area contributed by atoms with E-state index < -0.39 is 17.8 Å². The summed E-state index contributed by atoms with van der Waals surface area (Å²) in [6.45, 7) is 1.61. The van der Waals surface area contributed by atoms with Gasteiger partial charge in [-0.2, -0.15) is 18.4 Å². The number of hydrogen-bond acceptors (Lipinski definition) is 2. The van der Waals surface area contributed by atoms with Crippen LogP contribution >= 0.6 is 0 Å². The Bertz CT molecular complexity index is 628. The highest BCUT2D eigenvalue weighted by Gasteiger charge is 2.32. The molecule has 1 aromatic rings. The highest BCUT2D eigenvalue weighted by molar-refractivity contribution is 5.97. The zero-order chi connectivity index (χ0) is 14.9. The number of urea groups is 1. The van der Waals surface area contributed by atoms with Crippen LogP contribution in [0.15, 0.2) is 35.5 Å². The van der Waals surface area contributed by atoms with Crippen LogP contribution in [0.2, 0.25) is 0 Å². The minimum atomic E-state index is -4.49. The molecule has 0 atom stereocenters. The first-order chi connectivity index (χ1) is 9.34. The van der Waals surface area contributed by atoms with Crippen molar-refractivity contribution >= 4 is 11.7 Å². The number of carbonyl (C=O) groups excluding carboxylic acids is 1. The summed E-state index contributed by atoms with van der Waals surface area (Å²) in [5.74, 6) is 0. The van der Waals surface area contributed by atoms with E-state index in [-0.39, 0.29) is 12.2 Å². The van der Waals surface area contributed by atoms with Crippen molar-refractivity contribution in [3.05, 3.63) is 41.1 Å². The first kappa shape index (κ1) is 13.9. The Balaban J connectivity index is 2.50. The molecule has 104 valence electrons. The number of nitrogens with one attached hydrogen (secondary N) is 1. The summed E-state index contributed by atoms with van der Waals surface area (Å²) in [4.78, 5) is 12.9. The molecule has 0 unspecified atom stereocenters. The molecule has 20 heavy (non-hydrogen) atoms. The number of alkyl halides is 3. The van der Waals surface area contributed by atoms with E-state index >= 15 is 0 Å². The van der Waals surface area contributed by atoms with E-state index in [9.17, 15) is 18.0 Å².